The average Bonchev–Trinajstić information content (AvgIpc) is 2.46. The average molecular weight is 250 g/mol. The molecule has 1 amide bonds. The molecule has 1 atom stereocenters. The fourth-order valence-electron chi connectivity index (χ4n) is 2.02. The second-order valence-electron chi connectivity index (χ2n) is 4.19. The lowest BCUT2D eigenvalue weighted by atomic mass is 10.1. The lowest BCUT2D eigenvalue weighted by Crippen LogP contribution is -2.52. The van der Waals surface area contributed by atoms with E-state index >= 15 is 0 Å². The highest BCUT2D eigenvalue weighted by molar-refractivity contribution is 5.94. The summed E-state index contributed by atoms with van der Waals surface area (Å²) in [5, 5.41) is 0. The first-order chi connectivity index (χ1) is 8.76. The number of amides is 1. The molecule has 0 spiro atoms. The van der Waals surface area contributed by atoms with Crippen molar-refractivity contribution >= 4 is 5.91 Å². The number of rotatable bonds is 3. The number of hydrogen-bond acceptors (Lipinski definition) is 4. The van der Waals surface area contributed by atoms with E-state index in [1.54, 1.807) is 36.3 Å². The minimum Gasteiger partial charge on any atom is -0.497 e. The summed E-state index contributed by atoms with van der Waals surface area (Å²) in [6, 6.07) is 7.07. The van der Waals surface area contributed by atoms with E-state index in [9.17, 15) is 4.79 Å². The number of nitrogens with two attached hydrogens (primary N) is 1. The van der Waals surface area contributed by atoms with Crippen LogP contribution in [-0.2, 0) is 4.74 Å². The topological polar surface area (TPSA) is 64.8 Å². The fraction of sp³-hybridized carbons (Fsp3) is 0.462. The van der Waals surface area contributed by atoms with Crippen LogP contribution in [0.15, 0.2) is 24.3 Å². The number of carbonyl (C=O) groups is 1. The van der Waals surface area contributed by atoms with Gasteiger partial charge in [-0.15, -0.1) is 0 Å². The number of hydrogen-bond donors (Lipinski definition) is 1. The van der Waals surface area contributed by atoms with Crippen molar-refractivity contribution in [3.05, 3.63) is 29.8 Å². The van der Waals surface area contributed by atoms with Gasteiger partial charge in [0.1, 0.15) is 5.75 Å². The van der Waals surface area contributed by atoms with Gasteiger partial charge in [0.15, 0.2) is 0 Å². The second-order valence-corrected chi connectivity index (χ2v) is 4.19. The molecule has 0 aromatic heterocycles. The Labute approximate surface area is 106 Å². The quantitative estimate of drug-likeness (QED) is 0.848. The van der Waals surface area contributed by atoms with Crippen LogP contribution in [0.3, 0.4) is 0 Å². The second kappa shape index (κ2) is 5.84. The van der Waals surface area contributed by atoms with Crippen molar-refractivity contribution in [1.82, 2.24) is 4.90 Å². The summed E-state index contributed by atoms with van der Waals surface area (Å²) >= 11 is 0. The summed E-state index contributed by atoms with van der Waals surface area (Å²) in [6.07, 6.45) is 0. The highest BCUT2D eigenvalue weighted by Gasteiger charge is 2.26. The molecular weight excluding hydrogens is 232 g/mol. The van der Waals surface area contributed by atoms with Crippen LogP contribution in [0.5, 0.6) is 5.75 Å². The SMILES string of the molecule is COc1ccc(C(=O)N2CCOCC2CN)cc1. The van der Waals surface area contributed by atoms with Gasteiger partial charge in [0.2, 0.25) is 0 Å². The van der Waals surface area contributed by atoms with Gasteiger partial charge in [-0.05, 0) is 24.3 Å². The molecule has 1 unspecified atom stereocenters. The van der Waals surface area contributed by atoms with E-state index in [2.05, 4.69) is 0 Å². The Bertz CT molecular complexity index is 405. The lowest BCUT2D eigenvalue weighted by Gasteiger charge is -2.34. The zero-order valence-electron chi connectivity index (χ0n) is 10.5. The summed E-state index contributed by atoms with van der Waals surface area (Å²) in [4.78, 5) is 14.1. The molecule has 1 fully saturated rings. The van der Waals surface area contributed by atoms with Gasteiger partial charge in [0.25, 0.3) is 5.91 Å². The number of nitrogens with zero attached hydrogens (tertiary/aromatic N) is 1. The Morgan fingerprint density at radius 3 is 2.83 bits per heavy atom. The van der Waals surface area contributed by atoms with E-state index in [0.717, 1.165) is 5.75 Å². The van der Waals surface area contributed by atoms with Gasteiger partial charge in [0.05, 0.1) is 26.4 Å². The summed E-state index contributed by atoms with van der Waals surface area (Å²) in [6.45, 7) is 2.09. The molecule has 1 aromatic carbocycles. The highest BCUT2D eigenvalue weighted by Crippen LogP contribution is 2.15. The predicted octanol–water partition coefficient (Wildman–Crippen LogP) is 0.495. The molecule has 1 aliphatic heterocycles. The Kier molecular flexibility index (Phi) is 4.17. The monoisotopic (exact) mass is 250 g/mol. The molecule has 2 rings (SSSR count). The Hall–Kier alpha value is -1.59. The molecule has 0 aliphatic carbocycles. The standard InChI is InChI=1S/C13H18N2O3/c1-17-12-4-2-10(3-5-12)13(16)15-6-7-18-9-11(15)8-14/h2-5,11H,6-9,14H2,1H3. The van der Waals surface area contributed by atoms with Crippen molar-refractivity contribution in [2.75, 3.05) is 33.4 Å². The first-order valence-electron chi connectivity index (χ1n) is 5.99. The zero-order valence-corrected chi connectivity index (χ0v) is 10.5. The van der Waals surface area contributed by atoms with Crippen molar-refractivity contribution in [3.8, 4) is 5.75 Å². The van der Waals surface area contributed by atoms with E-state index in [-0.39, 0.29) is 11.9 Å². The normalized spacial score (nSPS) is 19.7. The van der Waals surface area contributed by atoms with E-state index < -0.39 is 0 Å². The van der Waals surface area contributed by atoms with E-state index in [0.29, 0.717) is 31.9 Å². The molecule has 1 aliphatic rings. The van der Waals surface area contributed by atoms with Gasteiger partial charge in [-0.1, -0.05) is 0 Å². The van der Waals surface area contributed by atoms with Crippen molar-refractivity contribution in [3.63, 3.8) is 0 Å². The third kappa shape index (κ3) is 2.63. The molecule has 98 valence electrons. The van der Waals surface area contributed by atoms with Crippen LogP contribution < -0.4 is 10.5 Å². The van der Waals surface area contributed by atoms with Gasteiger partial charge in [0, 0.05) is 18.7 Å². The fourth-order valence-corrected chi connectivity index (χ4v) is 2.02. The number of carbonyl (C=O) groups excluding carboxylic acids is 1. The molecule has 0 bridgehead atoms. The van der Waals surface area contributed by atoms with Gasteiger partial charge < -0.3 is 20.1 Å². The maximum atomic E-state index is 12.3. The summed E-state index contributed by atoms with van der Waals surface area (Å²) in [7, 11) is 1.60. The Balaban J connectivity index is 2.13. The third-order valence-corrected chi connectivity index (χ3v) is 3.10. The van der Waals surface area contributed by atoms with Crippen LogP contribution in [0, 0.1) is 0 Å². The predicted molar refractivity (Wildman–Crippen MR) is 67.7 cm³/mol. The Morgan fingerprint density at radius 2 is 2.22 bits per heavy atom. The van der Waals surface area contributed by atoms with E-state index in [1.165, 1.54) is 0 Å². The maximum Gasteiger partial charge on any atom is 0.254 e. The van der Waals surface area contributed by atoms with Gasteiger partial charge >= 0.3 is 0 Å². The molecule has 1 saturated heterocycles. The van der Waals surface area contributed by atoms with E-state index in [4.69, 9.17) is 15.2 Å². The van der Waals surface area contributed by atoms with E-state index in [1.807, 2.05) is 0 Å². The maximum absolute atomic E-state index is 12.3. The minimum absolute atomic E-state index is 0.00333. The molecule has 5 heteroatoms. The first-order valence-corrected chi connectivity index (χ1v) is 5.99. The first kappa shape index (κ1) is 12.9. The van der Waals surface area contributed by atoms with Crippen molar-refractivity contribution in [2.45, 2.75) is 6.04 Å². The van der Waals surface area contributed by atoms with Crippen molar-refractivity contribution in [1.29, 1.82) is 0 Å². The summed E-state index contributed by atoms with van der Waals surface area (Å²) < 4.78 is 10.4. The number of ether oxygens (including phenoxy) is 2. The van der Waals surface area contributed by atoms with Crippen LogP contribution in [0.25, 0.3) is 0 Å². The molecule has 2 N–H and O–H groups in total. The molecule has 0 saturated carbocycles. The molecule has 1 heterocycles. The number of morpholine rings is 1. The van der Waals surface area contributed by atoms with Gasteiger partial charge in [-0.2, -0.15) is 0 Å². The molecule has 18 heavy (non-hydrogen) atoms. The van der Waals surface area contributed by atoms with Crippen LogP contribution in [0.1, 0.15) is 10.4 Å². The number of methoxy groups -OCH3 is 1. The van der Waals surface area contributed by atoms with Crippen molar-refractivity contribution < 1.29 is 14.3 Å². The van der Waals surface area contributed by atoms with Gasteiger partial charge in [-0.3, -0.25) is 4.79 Å². The smallest absolute Gasteiger partial charge is 0.254 e. The molecule has 0 radical (unpaired) electrons. The van der Waals surface area contributed by atoms with Gasteiger partial charge in [-0.25, -0.2) is 0 Å². The Morgan fingerprint density at radius 1 is 1.50 bits per heavy atom. The van der Waals surface area contributed by atoms with Crippen LogP contribution in [0.2, 0.25) is 0 Å². The van der Waals surface area contributed by atoms with Crippen molar-refractivity contribution in [2.24, 2.45) is 5.73 Å². The van der Waals surface area contributed by atoms with Crippen LogP contribution in [-0.4, -0.2) is 50.3 Å². The number of benzene rings is 1. The van der Waals surface area contributed by atoms with Crippen LogP contribution >= 0.6 is 0 Å². The zero-order chi connectivity index (χ0) is 13.0. The van der Waals surface area contributed by atoms with Crippen LogP contribution in [0.4, 0.5) is 0 Å². The summed E-state index contributed by atoms with van der Waals surface area (Å²) in [5.74, 6) is 0.736. The minimum atomic E-state index is -0.0339. The molecule has 5 nitrogen and oxygen atoms in total. The largest absolute Gasteiger partial charge is 0.497 e. The summed E-state index contributed by atoms with van der Waals surface area (Å²) in [5.41, 5.74) is 6.31. The lowest BCUT2D eigenvalue weighted by molar-refractivity contribution is 0.000838. The molecule has 1 aromatic rings. The highest BCUT2D eigenvalue weighted by atomic mass is 16.5. The third-order valence-electron chi connectivity index (χ3n) is 3.10. The molecular formula is C13H18N2O3.